The van der Waals surface area contributed by atoms with Gasteiger partial charge >= 0.3 is 0 Å². The van der Waals surface area contributed by atoms with E-state index < -0.39 is 0 Å². The summed E-state index contributed by atoms with van der Waals surface area (Å²) >= 11 is 1.30. The summed E-state index contributed by atoms with van der Waals surface area (Å²) in [6, 6.07) is 12.3. The van der Waals surface area contributed by atoms with Crippen molar-refractivity contribution in [2.45, 2.75) is 13.0 Å². The van der Waals surface area contributed by atoms with Gasteiger partial charge in [-0.15, -0.1) is 11.3 Å². The van der Waals surface area contributed by atoms with Crippen LogP contribution in [0.1, 0.15) is 15.2 Å². The molecule has 25 heavy (non-hydrogen) atoms. The lowest BCUT2D eigenvalue weighted by molar-refractivity contribution is 0.0791. The molecule has 1 N–H and O–H groups in total. The summed E-state index contributed by atoms with van der Waals surface area (Å²) < 4.78 is 26.2. The molecule has 2 heterocycles. The van der Waals surface area contributed by atoms with Crippen LogP contribution in [-0.4, -0.2) is 25.2 Å². The molecule has 1 aliphatic rings. The number of ether oxygens (including phenoxy) is 2. The van der Waals surface area contributed by atoms with Crippen LogP contribution in [0.4, 0.5) is 4.39 Å². The van der Waals surface area contributed by atoms with E-state index in [4.69, 9.17) is 9.47 Å². The van der Waals surface area contributed by atoms with Crippen molar-refractivity contribution in [1.82, 2.24) is 5.32 Å². The van der Waals surface area contributed by atoms with E-state index in [-0.39, 0.29) is 17.8 Å². The van der Waals surface area contributed by atoms with Crippen LogP contribution in [0.3, 0.4) is 0 Å². The minimum atomic E-state index is -0.300. The van der Waals surface area contributed by atoms with Crippen LogP contribution in [0.2, 0.25) is 0 Å². The fourth-order valence-corrected chi connectivity index (χ4v) is 4.06. The van der Waals surface area contributed by atoms with Crippen molar-refractivity contribution in [2.75, 3.05) is 13.2 Å². The summed E-state index contributed by atoms with van der Waals surface area (Å²) in [5.41, 5.74) is 0.668. The predicted molar refractivity (Wildman–Crippen MR) is 95.2 cm³/mol. The molecular weight excluding hydrogens is 341 g/mol. The Labute approximate surface area is 148 Å². The smallest absolute Gasteiger partial charge is 0.261 e. The summed E-state index contributed by atoms with van der Waals surface area (Å²) in [4.78, 5) is 13.0. The summed E-state index contributed by atoms with van der Waals surface area (Å²) in [5, 5.41) is 3.38. The average molecular weight is 357 g/mol. The largest absolute Gasteiger partial charge is 0.486 e. The summed E-state index contributed by atoms with van der Waals surface area (Å²) in [6.45, 7) is 2.47. The quantitative estimate of drug-likeness (QED) is 0.773. The molecule has 4 nitrogen and oxygen atoms in total. The third kappa shape index (κ3) is 2.93. The van der Waals surface area contributed by atoms with Crippen molar-refractivity contribution in [3.05, 3.63) is 58.7 Å². The molecule has 1 amide bonds. The van der Waals surface area contributed by atoms with Crippen molar-refractivity contribution in [2.24, 2.45) is 0 Å². The zero-order valence-electron chi connectivity index (χ0n) is 13.5. The van der Waals surface area contributed by atoms with E-state index >= 15 is 0 Å². The molecular formula is C19H16FNO3S. The molecule has 0 spiro atoms. The number of aryl methyl sites for hydroxylation is 1. The Kier molecular flexibility index (Phi) is 4.05. The fourth-order valence-electron chi connectivity index (χ4n) is 2.92. The highest BCUT2D eigenvalue weighted by Crippen LogP contribution is 2.33. The summed E-state index contributed by atoms with van der Waals surface area (Å²) in [6.07, 6.45) is -0.259. The van der Waals surface area contributed by atoms with Crippen LogP contribution in [-0.2, 0) is 0 Å². The number of hydrogen-bond donors (Lipinski definition) is 1. The zero-order valence-corrected chi connectivity index (χ0v) is 14.4. The van der Waals surface area contributed by atoms with E-state index in [9.17, 15) is 9.18 Å². The van der Waals surface area contributed by atoms with Crippen LogP contribution in [0.5, 0.6) is 11.5 Å². The third-order valence-corrected chi connectivity index (χ3v) is 5.42. The predicted octanol–water partition coefficient (Wildman–Crippen LogP) is 3.92. The number of benzene rings is 2. The highest BCUT2D eigenvalue weighted by molar-refractivity contribution is 7.21. The van der Waals surface area contributed by atoms with Gasteiger partial charge in [-0.25, -0.2) is 4.39 Å². The van der Waals surface area contributed by atoms with Crippen molar-refractivity contribution < 1.29 is 18.7 Å². The lowest BCUT2D eigenvalue weighted by Crippen LogP contribution is -2.40. The Morgan fingerprint density at radius 3 is 2.84 bits per heavy atom. The topological polar surface area (TPSA) is 47.6 Å². The van der Waals surface area contributed by atoms with Crippen LogP contribution >= 0.6 is 11.3 Å². The van der Waals surface area contributed by atoms with Crippen molar-refractivity contribution in [3.63, 3.8) is 0 Å². The van der Waals surface area contributed by atoms with Gasteiger partial charge in [0.1, 0.15) is 18.5 Å². The third-order valence-electron chi connectivity index (χ3n) is 4.17. The molecule has 128 valence electrons. The van der Waals surface area contributed by atoms with Gasteiger partial charge in [0, 0.05) is 10.1 Å². The number of para-hydroxylation sites is 2. The van der Waals surface area contributed by atoms with E-state index in [1.165, 1.54) is 17.4 Å². The van der Waals surface area contributed by atoms with E-state index in [0.29, 0.717) is 40.5 Å². The molecule has 0 fully saturated rings. The summed E-state index contributed by atoms with van der Waals surface area (Å²) in [7, 11) is 0. The minimum Gasteiger partial charge on any atom is -0.486 e. The summed E-state index contributed by atoms with van der Waals surface area (Å²) in [5.74, 6) is 0.862. The molecule has 6 heteroatoms. The number of rotatable bonds is 3. The van der Waals surface area contributed by atoms with E-state index in [2.05, 4.69) is 5.32 Å². The molecule has 0 saturated carbocycles. The first-order valence-corrected chi connectivity index (χ1v) is 8.79. The first kappa shape index (κ1) is 15.9. The van der Waals surface area contributed by atoms with Crippen molar-refractivity contribution in [3.8, 4) is 11.5 Å². The molecule has 1 atom stereocenters. The van der Waals surface area contributed by atoms with Crippen molar-refractivity contribution in [1.29, 1.82) is 0 Å². The van der Waals surface area contributed by atoms with Crippen LogP contribution < -0.4 is 14.8 Å². The molecule has 1 aliphatic heterocycles. The monoisotopic (exact) mass is 357 g/mol. The second-order valence-corrected chi connectivity index (χ2v) is 6.93. The number of amides is 1. The lowest BCUT2D eigenvalue weighted by atomic mass is 10.1. The van der Waals surface area contributed by atoms with Gasteiger partial charge in [-0.05, 0) is 36.8 Å². The zero-order chi connectivity index (χ0) is 17.4. The maximum atomic E-state index is 14.0. The second-order valence-electron chi connectivity index (χ2n) is 5.88. The van der Waals surface area contributed by atoms with Gasteiger partial charge < -0.3 is 14.8 Å². The highest BCUT2D eigenvalue weighted by atomic mass is 32.1. The highest BCUT2D eigenvalue weighted by Gasteiger charge is 2.23. The maximum Gasteiger partial charge on any atom is 0.261 e. The molecule has 0 radical (unpaired) electrons. The van der Waals surface area contributed by atoms with E-state index in [0.717, 1.165) is 4.70 Å². The molecule has 0 saturated heterocycles. The molecule has 0 unspecified atom stereocenters. The Morgan fingerprint density at radius 1 is 1.24 bits per heavy atom. The lowest BCUT2D eigenvalue weighted by Gasteiger charge is -2.26. The molecule has 0 bridgehead atoms. The number of fused-ring (bicyclic) bond motifs is 2. The minimum absolute atomic E-state index is 0.222. The van der Waals surface area contributed by atoms with E-state index in [1.54, 1.807) is 13.0 Å². The fraction of sp³-hybridized carbons (Fsp3) is 0.211. The Morgan fingerprint density at radius 2 is 2.04 bits per heavy atom. The average Bonchev–Trinajstić information content (AvgIpc) is 2.97. The van der Waals surface area contributed by atoms with Gasteiger partial charge in [-0.3, -0.25) is 4.79 Å². The number of carbonyl (C=O) groups excluding carboxylic acids is 1. The van der Waals surface area contributed by atoms with Crippen LogP contribution in [0, 0.1) is 12.7 Å². The molecule has 4 rings (SSSR count). The Balaban J connectivity index is 1.47. The SMILES string of the molecule is Cc1c(C(=O)NC[C@@H]2COc3ccccc3O2)sc2cccc(F)c12. The van der Waals surface area contributed by atoms with Gasteiger partial charge in [-0.2, -0.15) is 0 Å². The number of nitrogens with one attached hydrogen (secondary N) is 1. The van der Waals surface area contributed by atoms with Crippen LogP contribution in [0.25, 0.3) is 10.1 Å². The van der Waals surface area contributed by atoms with Gasteiger partial charge in [0.2, 0.25) is 0 Å². The van der Waals surface area contributed by atoms with Gasteiger partial charge in [0.05, 0.1) is 11.4 Å². The maximum absolute atomic E-state index is 14.0. The first-order chi connectivity index (χ1) is 12.1. The molecule has 0 aliphatic carbocycles. The van der Waals surface area contributed by atoms with Gasteiger partial charge in [0.25, 0.3) is 5.91 Å². The number of thiophene rings is 1. The normalized spacial score (nSPS) is 16.0. The van der Waals surface area contributed by atoms with Crippen LogP contribution in [0.15, 0.2) is 42.5 Å². The molecule has 1 aromatic heterocycles. The van der Waals surface area contributed by atoms with E-state index in [1.807, 2.05) is 30.3 Å². The Hall–Kier alpha value is -2.60. The van der Waals surface area contributed by atoms with Gasteiger partial charge in [0.15, 0.2) is 11.5 Å². The molecule has 2 aromatic carbocycles. The number of hydrogen-bond acceptors (Lipinski definition) is 4. The standard InChI is InChI=1S/C19H16FNO3S/c1-11-17-13(20)5-4-8-16(17)25-18(11)19(22)21-9-12-10-23-14-6-2-3-7-15(14)24-12/h2-8,12H,9-10H2,1H3,(H,21,22)/t12-/m1/s1. The number of carbonyl (C=O) groups is 1. The molecule has 3 aromatic rings. The van der Waals surface area contributed by atoms with Crippen molar-refractivity contribution >= 4 is 27.3 Å². The second kappa shape index (κ2) is 6.37. The Bertz CT molecular complexity index is 953. The van der Waals surface area contributed by atoms with Gasteiger partial charge in [-0.1, -0.05) is 18.2 Å². The number of halogens is 1. The first-order valence-electron chi connectivity index (χ1n) is 7.98.